The summed E-state index contributed by atoms with van der Waals surface area (Å²) < 4.78 is 5.36. The van der Waals surface area contributed by atoms with E-state index in [1.54, 1.807) is 19.2 Å². The van der Waals surface area contributed by atoms with E-state index in [1.807, 2.05) is 43.3 Å². The van der Waals surface area contributed by atoms with Crippen LogP contribution in [0, 0.1) is 0 Å². The van der Waals surface area contributed by atoms with Crippen LogP contribution in [0.4, 0.5) is 11.4 Å². The van der Waals surface area contributed by atoms with Gasteiger partial charge in [-0.15, -0.1) is 0 Å². The first kappa shape index (κ1) is 17.8. The highest BCUT2D eigenvalue weighted by Crippen LogP contribution is 2.27. The van der Waals surface area contributed by atoms with Gasteiger partial charge in [0.15, 0.2) is 0 Å². The van der Waals surface area contributed by atoms with Crippen molar-refractivity contribution >= 4 is 17.3 Å². The highest BCUT2D eigenvalue weighted by atomic mass is 16.5. The lowest BCUT2D eigenvalue weighted by molar-refractivity contribution is 0.100. The molecule has 5 nitrogen and oxygen atoms in total. The van der Waals surface area contributed by atoms with Crippen molar-refractivity contribution < 1.29 is 9.53 Å². The summed E-state index contributed by atoms with van der Waals surface area (Å²) in [6.07, 6.45) is 0.822. The van der Waals surface area contributed by atoms with E-state index in [0.29, 0.717) is 12.2 Å². The first-order chi connectivity index (χ1) is 11.5. The molecule has 0 aliphatic carbocycles. The number of carbonyl (C=O) groups is 1. The summed E-state index contributed by atoms with van der Waals surface area (Å²) in [5, 5.41) is 3.50. The van der Waals surface area contributed by atoms with Crippen molar-refractivity contribution in [1.29, 1.82) is 0 Å². The number of primary amides is 1. The molecule has 5 heteroatoms. The molecule has 2 aromatic carbocycles. The van der Waals surface area contributed by atoms with Gasteiger partial charge < -0.3 is 20.7 Å². The van der Waals surface area contributed by atoms with Gasteiger partial charge in [-0.3, -0.25) is 4.79 Å². The number of rotatable bonds is 8. The van der Waals surface area contributed by atoms with E-state index in [4.69, 9.17) is 10.5 Å². The van der Waals surface area contributed by atoms with E-state index in [-0.39, 0.29) is 6.04 Å². The van der Waals surface area contributed by atoms with E-state index in [9.17, 15) is 4.79 Å². The van der Waals surface area contributed by atoms with E-state index in [2.05, 4.69) is 17.4 Å². The van der Waals surface area contributed by atoms with Gasteiger partial charge in [0.1, 0.15) is 0 Å². The molecule has 0 bridgehead atoms. The summed E-state index contributed by atoms with van der Waals surface area (Å²) in [4.78, 5) is 13.5. The lowest BCUT2D eigenvalue weighted by atomic mass is 10.1. The highest BCUT2D eigenvalue weighted by Gasteiger charge is 2.14. The van der Waals surface area contributed by atoms with Crippen LogP contribution in [0.15, 0.2) is 48.5 Å². The fraction of sp³-hybridized carbons (Fsp3) is 0.316. The van der Waals surface area contributed by atoms with Gasteiger partial charge in [0, 0.05) is 26.8 Å². The van der Waals surface area contributed by atoms with E-state index in [0.717, 1.165) is 17.8 Å². The first-order valence-corrected chi connectivity index (χ1v) is 7.92. The molecule has 0 aliphatic heterocycles. The SMILES string of the molecule is COC[C@@H](Cc1ccccc1)Nc1cc(C(N)=O)ccc1N(C)C. The van der Waals surface area contributed by atoms with Crippen molar-refractivity contribution in [2.45, 2.75) is 12.5 Å². The Labute approximate surface area is 143 Å². The number of methoxy groups -OCH3 is 1. The number of benzene rings is 2. The van der Waals surface area contributed by atoms with E-state index in [1.165, 1.54) is 5.56 Å². The fourth-order valence-electron chi connectivity index (χ4n) is 2.67. The fourth-order valence-corrected chi connectivity index (χ4v) is 2.67. The van der Waals surface area contributed by atoms with Gasteiger partial charge >= 0.3 is 0 Å². The standard InChI is InChI=1S/C19H25N3O2/c1-22(2)18-10-9-15(19(20)23)12-17(18)21-16(13-24-3)11-14-7-5-4-6-8-14/h4-10,12,16,21H,11,13H2,1-3H3,(H2,20,23)/t16-/m1/s1. The maximum Gasteiger partial charge on any atom is 0.248 e. The van der Waals surface area contributed by atoms with Crippen molar-refractivity contribution in [3.05, 3.63) is 59.7 Å². The lowest BCUT2D eigenvalue weighted by Gasteiger charge is -2.24. The number of nitrogens with two attached hydrogens (primary N) is 1. The predicted molar refractivity (Wildman–Crippen MR) is 98.7 cm³/mol. The van der Waals surface area contributed by atoms with Crippen LogP contribution in [-0.2, 0) is 11.2 Å². The van der Waals surface area contributed by atoms with Crippen LogP contribution in [0.5, 0.6) is 0 Å². The molecule has 2 rings (SSSR count). The number of carbonyl (C=O) groups excluding carboxylic acids is 1. The van der Waals surface area contributed by atoms with Gasteiger partial charge in [-0.05, 0) is 30.2 Å². The summed E-state index contributed by atoms with van der Waals surface area (Å²) in [7, 11) is 5.62. The Morgan fingerprint density at radius 3 is 2.50 bits per heavy atom. The molecule has 128 valence electrons. The van der Waals surface area contributed by atoms with E-state index >= 15 is 0 Å². The summed E-state index contributed by atoms with van der Waals surface area (Å²) in [5.41, 5.74) is 8.99. The Morgan fingerprint density at radius 2 is 1.92 bits per heavy atom. The molecular formula is C19H25N3O2. The molecular weight excluding hydrogens is 302 g/mol. The van der Waals surface area contributed by atoms with Gasteiger partial charge in [-0.2, -0.15) is 0 Å². The van der Waals surface area contributed by atoms with Crippen molar-refractivity contribution in [3.63, 3.8) is 0 Å². The van der Waals surface area contributed by atoms with Crippen LogP contribution in [0.2, 0.25) is 0 Å². The smallest absolute Gasteiger partial charge is 0.248 e. The topological polar surface area (TPSA) is 67.6 Å². The summed E-state index contributed by atoms with van der Waals surface area (Å²) in [6, 6.07) is 15.8. The highest BCUT2D eigenvalue weighted by molar-refractivity contribution is 5.95. The Balaban J connectivity index is 2.26. The van der Waals surface area contributed by atoms with Gasteiger partial charge in [0.2, 0.25) is 5.91 Å². The maximum absolute atomic E-state index is 11.5. The largest absolute Gasteiger partial charge is 0.383 e. The molecule has 3 N–H and O–H groups in total. The number of anilines is 2. The number of hydrogen-bond donors (Lipinski definition) is 2. The minimum absolute atomic E-state index is 0.0826. The normalized spacial score (nSPS) is 11.8. The van der Waals surface area contributed by atoms with Gasteiger partial charge in [-0.25, -0.2) is 0 Å². The first-order valence-electron chi connectivity index (χ1n) is 7.92. The van der Waals surface area contributed by atoms with Gasteiger partial charge in [0.05, 0.1) is 24.0 Å². The molecule has 0 saturated carbocycles. The third-order valence-corrected chi connectivity index (χ3v) is 3.82. The van der Waals surface area contributed by atoms with Crippen molar-refractivity contribution in [2.24, 2.45) is 5.73 Å². The second kappa shape index (κ2) is 8.36. The zero-order valence-electron chi connectivity index (χ0n) is 14.5. The van der Waals surface area contributed by atoms with Crippen molar-refractivity contribution in [3.8, 4) is 0 Å². The zero-order valence-corrected chi connectivity index (χ0v) is 14.5. The number of hydrogen-bond acceptors (Lipinski definition) is 4. The molecule has 1 amide bonds. The Bertz CT molecular complexity index is 672. The molecule has 0 aliphatic rings. The second-order valence-electron chi connectivity index (χ2n) is 5.98. The van der Waals surface area contributed by atoms with E-state index < -0.39 is 5.91 Å². The van der Waals surface area contributed by atoms with Crippen molar-refractivity contribution in [1.82, 2.24) is 0 Å². The van der Waals surface area contributed by atoms with Crippen LogP contribution >= 0.6 is 0 Å². The third-order valence-electron chi connectivity index (χ3n) is 3.82. The van der Waals surface area contributed by atoms with Crippen LogP contribution in [0.1, 0.15) is 15.9 Å². The number of nitrogens with one attached hydrogen (secondary N) is 1. The monoisotopic (exact) mass is 327 g/mol. The number of amides is 1. The van der Waals surface area contributed by atoms with Crippen LogP contribution in [0.25, 0.3) is 0 Å². The Kier molecular flexibility index (Phi) is 6.21. The average Bonchev–Trinajstić information content (AvgIpc) is 2.55. The molecule has 0 radical (unpaired) electrons. The zero-order chi connectivity index (χ0) is 17.5. The molecule has 0 aromatic heterocycles. The average molecular weight is 327 g/mol. The maximum atomic E-state index is 11.5. The molecule has 0 heterocycles. The van der Waals surface area contributed by atoms with Crippen LogP contribution in [-0.4, -0.2) is 39.8 Å². The molecule has 24 heavy (non-hydrogen) atoms. The van der Waals surface area contributed by atoms with Crippen LogP contribution in [0.3, 0.4) is 0 Å². The molecule has 0 unspecified atom stereocenters. The predicted octanol–water partition coefficient (Wildman–Crippen LogP) is 2.52. The summed E-state index contributed by atoms with van der Waals surface area (Å²) >= 11 is 0. The molecule has 0 spiro atoms. The van der Waals surface area contributed by atoms with Crippen LogP contribution < -0.4 is 16.0 Å². The molecule has 1 atom stereocenters. The van der Waals surface area contributed by atoms with Gasteiger partial charge in [-0.1, -0.05) is 30.3 Å². The Morgan fingerprint density at radius 1 is 1.21 bits per heavy atom. The van der Waals surface area contributed by atoms with Gasteiger partial charge in [0.25, 0.3) is 0 Å². The third kappa shape index (κ3) is 4.73. The second-order valence-corrected chi connectivity index (χ2v) is 5.98. The van der Waals surface area contributed by atoms with Crippen molar-refractivity contribution in [2.75, 3.05) is 38.0 Å². The molecule has 0 fully saturated rings. The minimum atomic E-state index is -0.435. The lowest BCUT2D eigenvalue weighted by Crippen LogP contribution is -2.28. The number of nitrogens with zero attached hydrogens (tertiary/aromatic N) is 1. The Hall–Kier alpha value is -2.53. The molecule has 0 saturated heterocycles. The molecule has 2 aromatic rings. The number of ether oxygens (including phenoxy) is 1. The summed E-state index contributed by atoms with van der Waals surface area (Å²) in [6.45, 7) is 0.558. The summed E-state index contributed by atoms with van der Waals surface area (Å²) in [5.74, 6) is -0.435. The quantitative estimate of drug-likeness (QED) is 0.782. The minimum Gasteiger partial charge on any atom is -0.383 e.